The Morgan fingerprint density at radius 3 is 2.61 bits per heavy atom. The summed E-state index contributed by atoms with van der Waals surface area (Å²) in [5.74, 6) is 0.718. The second-order valence-corrected chi connectivity index (χ2v) is 6.11. The van der Waals surface area contributed by atoms with E-state index >= 15 is 0 Å². The van der Waals surface area contributed by atoms with E-state index in [1.54, 1.807) is 0 Å². The molecule has 2 aromatic carbocycles. The first-order valence-corrected chi connectivity index (χ1v) is 8.29. The molecule has 0 amide bonds. The lowest BCUT2D eigenvalue weighted by atomic mass is 10.1. The van der Waals surface area contributed by atoms with Gasteiger partial charge in [0.2, 0.25) is 0 Å². The van der Waals surface area contributed by atoms with Gasteiger partial charge in [0.05, 0.1) is 12.7 Å². The Morgan fingerprint density at radius 1 is 1.09 bits per heavy atom. The molecular weight excluding hydrogens is 316 g/mol. The summed E-state index contributed by atoms with van der Waals surface area (Å²) in [4.78, 5) is 0. The maximum Gasteiger partial charge on any atom is 0.127 e. The van der Waals surface area contributed by atoms with Gasteiger partial charge in [-0.1, -0.05) is 35.9 Å². The molecule has 0 bridgehead atoms. The molecule has 23 heavy (non-hydrogen) atoms. The molecule has 5 heteroatoms. The molecule has 0 aromatic heterocycles. The van der Waals surface area contributed by atoms with Gasteiger partial charge in [-0.25, -0.2) is 0 Å². The molecule has 1 unspecified atom stereocenters. The Balaban J connectivity index is 1.54. The van der Waals surface area contributed by atoms with Gasteiger partial charge in [-0.15, -0.1) is 0 Å². The van der Waals surface area contributed by atoms with Crippen LogP contribution in [0, 0.1) is 0 Å². The zero-order valence-electron chi connectivity index (χ0n) is 12.9. The number of benzene rings is 2. The highest BCUT2D eigenvalue weighted by Crippen LogP contribution is 2.31. The van der Waals surface area contributed by atoms with Crippen LogP contribution < -0.4 is 4.74 Å². The fraction of sp³-hybridized carbons (Fsp3) is 0.444. The third kappa shape index (κ3) is 4.36. The molecule has 0 radical (unpaired) electrons. The van der Waals surface area contributed by atoms with Gasteiger partial charge in [0.25, 0.3) is 0 Å². The summed E-state index contributed by atoms with van der Waals surface area (Å²) in [5, 5.41) is 12.6. The second-order valence-electron chi connectivity index (χ2n) is 5.70. The summed E-state index contributed by atoms with van der Waals surface area (Å²) in [7, 11) is 0. The molecule has 1 heterocycles. The van der Waals surface area contributed by atoms with Crippen molar-refractivity contribution in [2.24, 2.45) is 0 Å². The second kappa shape index (κ2) is 7.97. The topological polar surface area (TPSA) is 47.9 Å². The van der Waals surface area contributed by atoms with Crippen LogP contribution in [0.1, 0.15) is 12.8 Å². The molecule has 1 atom stereocenters. The SMILES string of the molecule is OC(COc1ccc(Cl)c2ccccc12)COC1CCOCC1. The number of hydrogen-bond acceptors (Lipinski definition) is 4. The van der Waals surface area contributed by atoms with Crippen LogP contribution in [0.15, 0.2) is 36.4 Å². The minimum atomic E-state index is -0.660. The highest BCUT2D eigenvalue weighted by atomic mass is 35.5. The maximum atomic E-state index is 10.1. The van der Waals surface area contributed by atoms with Crippen molar-refractivity contribution >= 4 is 22.4 Å². The van der Waals surface area contributed by atoms with Gasteiger partial charge in [0, 0.05) is 29.0 Å². The van der Waals surface area contributed by atoms with E-state index in [0.717, 1.165) is 42.6 Å². The van der Waals surface area contributed by atoms with Crippen molar-refractivity contribution in [2.45, 2.75) is 25.0 Å². The summed E-state index contributed by atoms with van der Waals surface area (Å²) in [6, 6.07) is 11.4. The number of hydrogen-bond donors (Lipinski definition) is 1. The summed E-state index contributed by atoms with van der Waals surface area (Å²) >= 11 is 6.19. The molecule has 0 saturated carbocycles. The van der Waals surface area contributed by atoms with Crippen LogP contribution in [0.4, 0.5) is 0 Å². The van der Waals surface area contributed by atoms with E-state index in [1.807, 2.05) is 36.4 Å². The van der Waals surface area contributed by atoms with E-state index in [-0.39, 0.29) is 19.3 Å². The Hall–Kier alpha value is -1.33. The predicted octanol–water partition coefficient (Wildman–Crippen LogP) is 3.43. The van der Waals surface area contributed by atoms with E-state index in [2.05, 4.69) is 0 Å². The molecule has 3 rings (SSSR count). The molecule has 0 aliphatic carbocycles. The van der Waals surface area contributed by atoms with E-state index in [9.17, 15) is 5.11 Å². The van der Waals surface area contributed by atoms with Gasteiger partial charge >= 0.3 is 0 Å². The standard InChI is InChI=1S/C18H21ClO4/c19-17-5-6-18(16-4-2-1-3-15(16)17)23-12-13(20)11-22-14-7-9-21-10-8-14/h1-6,13-14,20H,7-12H2. The van der Waals surface area contributed by atoms with Crippen molar-refractivity contribution in [2.75, 3.05) is 26.4 Å². The molecule has 0 spiro atoms. The van der Waals surface area contributed by atoms with E-state index in [1.165, 1.54) is 0 Å². The molecule has 1 aliphatic heterocycles. The maximum absolute atomic E-state index is 10.1. The summed E-state index contributed by atoms with van der Waals surface area (Å²) in [6.45, 7) is 1.92. The predicted molar refractivity (Wildman–Crippen MR) is 90.3 cm³/mol. The average Bonchev–Trinajstić information content (AvgIpc) is 2.60. The summed E-state index contributed by atoms with van der Waals surface area (Å²) in [6.07, 6.45) is 1.28. The van der Waals surface area contributed by atoms with Crippen molar-refractivity contribution in [1.29, 1.82) is 0 Å². The van der Waals surface area contributed by atoms with Crippen LogP contribution in [0.3, 0.4) is 0 Å². The Kier molecular flexibility index (Phi) is 5.73. The zero-order chi connectivity index (χ0) is 16.1. The third-order valence-electron chi connectivity index (χ3n) is 3.95. The Labute approximate surface area is 140 Å². The van der Waals surface area contributed by atoms with Crippen LogP contribution in [-0.4, -0.2) is 43.7 Å². The number of ether oxygens (including phenoxy) is 3. The molecule has 1 N–H and O–H groups in total. The quantitative estimate of drug-likeness (QED) is 0.878. The van der Waals surface area contributed by atoms with Crippen molar-refractivity contribution in [3.05, 3.63) is 41.4 Å². The number of fused-ring (bicyclic) bond motifs is 1. The Morgan fingerprint density at radius 2 is 1.83 bits per heavy atom. The smallest absolute Gasteiger partial charge is 0.127 e. The minimum Gasteiger partial charge on any atom is -0.490 e. The van der Waals surface area contributed by atoms with E-state index in [4.69, 9.17) is 25.8 Å². The Bertz CT molecular complexity index is 640. The molecule has 124 valence electrons. The number of halogens is 1. The van der Waals surface area contributed by atoms with Gasteiger partial charge in [0.15, 0.2) is 0 Å². The highest BCUT2D eigenvalue weighted by molar-refractivity contribution is 6.35. The van der Waals surface area contributed by atoms with Gasteiger partial charge < -0.3 is 19.3 Å². The van der Waals surface area contributed by atoms with Gasteiger partial charge in [-0.2, -0.15) is 0 Å². The zero-order valence-corrected chi connectivity index (χ0v) is 13.7. The molecule has 2 aromatic rings. The van der Waals surface area contributed by atoms with Crippen molar-refractivity contribution in [1.82, 2.24) is 0 Å². The fourth-order valence-corrected chi connectivity index (χ4v) is 2.91. The normalized spacial score (nSPS) is 17.3. The lowest BCUT2D eigenvalue weighted by Crippen LogP contribution is -2.30. The average molecular weight is 337 g/mol. The number of aliphatic hydroxyl groups excluding tert-OH is 1. The van der Waals surface area contributed by atoms with Crippen molar-refractivity contribution in [3.63, 3.8) is 0 Å². The fourth-order valence-electron chi connectivity index (χ4n) is 2.68. The number of rotatable bonds is 6. The minimum absolute atomic E-state index is 0.176. The lowest BCUT2D eigenvalue weighted by molar-refractivity contribution is -0.0658. The summed E-state index contributed by atoms with van der Waals surface area (Å²) < 4.78 is 16.8. The van der Waals surface area contributed by atoms with Gasteiger partial charge in [0.1, 0.15) is 18.5 Å². The van der Waals surface area contributed by atoms with Crippen molar-refractivity contribution < 1.29 is 19.3 Å². The summed E-state index contributed by atoms with van der Waals surface area (Å²) in [5.41, 5.74) is 0. The lowest BCUT2D eigenvalue weighted by Gasteiger charge is -2.23. The first-order valence-electron chi connectivity index (χ1n) is 7.91. The molecular formula is C18H21ClO4. The first-order chi connectivity index (χ1) is 11.2. The van der Waals surface area contributed by atoms with Crippen LogP contribution in [0.5, 0.6) is 5.75 Å². The highest BCUT2D eigenvalue weighted by Gasteiger charge is 2.16. The monoisotopic (exact) mass is 336 g/mol. The third-order valence-corrected chi connectivity index (χ3v) is 4.28. The van der Waals surface area contributed by atoms with Crippen LogP contribution in [0.25, 0.3) is 10.8 Å². The van der Waals surface area contributed by atoms with Crippen molar-refractivity contribution in [3.8, 4) is 5.75 Å². The van der Waals surface area contributed by atoms with Crippen LogP contribution in [-0.2, 0) is 9.47 Å². The van der Waals surface area contributed by atoms with Crippen LogP contribution in [0.2, 0.25) is 5.02 Å². The molecule has 1 fully saturated rings. The van der Waals surface area contributed by atoms with Crippen LogP contribution >= 0.6 is 11.6 Å². The van der Waals surface area contributed by atoms with E-state index in [0.29, 0.717) is 5.02 Å². The first kappa shape index (κ1) is 16.5. The van der Waals surface area contributed by atoms with Gasteiger partial charge in [-0.3, -0.25) is 0 Å². The van der Waals surface area contributed by atoms with Gasteiger partial charge in [-0.05, 0) is 25.0 Å². The molecule has 4 nitrogen and oxygen atoms in total. The van der Waals surface area contributed by atoms with E-state index < -0.39 is 6.10 Å². The largest absolute Gasteiger partial charge is 0.490 e. The molecule has 1 saturated heterocycles. The number of aliphatic hydroxyl groups is 1. The molecule has 1 aliphatic rings.